The van der Waals surface area contributed by atoms with E-state index in [1.54, 1.807) is 16.9 Å². The Morgan fingerprint density at radius 3 is 2.81 bits per heavy atom. The lowest BCUT2D eigenvalue weighted by molar-refractivity contribution is 0.0712. The van der Waals surface area contributed by atoms with Gasteiger partial charge in [0.05, 0.1) is 22.7 Å². The molecule has 4 aromatic rings. The van der Waals surface area contributed by atoms with Crippen molar-refractivity contribution >= 4 is 33.3 Å². The Hall–Kier alpha value is -3.77. The van der Waals surface area contributed by atoms with Crippen LogP contribution in [0.4, 0.5) is 5.82 Å². The molecule has 8 nitrogen and oxygen atoms in total. The topological polar surface area (TPSA) is 99.2 Å². The molecule has 1 N–H and O–H groups in total. The zero-order valence-corrected chi connectivity index (χ0v) is 21.5. The number of carbonyl (C=O) groups is 1. The molecule has 0 bridgehead atoms. The zero-order chi connectivity index (χ0) is 25.1. The predicted octanol–water partition coefficient (Wildman–Crippen LogP) is 5.15. The Morgan fingerprint density at radius 2 is 2.06 bits per heavy atom. The van der Waals surface area contributed by atoms with Gasteiger partial charge in [0.25, 0.3) is 5.91 Å². The first-order valence-corrected chi connectivity index (χ1v) is 12.8. The standard InChI is InChI=1S/C27H26BrN7O/c1-18(14-29)21-5-2-6-22(12-21)27(36)34-10-7-20(8-11-34)24-13-25(31-16-19-4-3-9-30-15-19)35-26(33-24)23(28)17-32-35/h2-6,9,12-13,15,17-18,20,31H,7-8,10-11,16H2,1H3. The number of nitrogens with one attached hydrogen (secondary N) is 1. The molecular formula is C27H26BrN7O. The fourth-order valence-corrected chi connectivity index (χ4v) is 4.91. The molecule has 1 aliphatic rings. The van der Waals surface area contributed by atoms with Crippen LogP contribution in [-0.2, 0) is 6.54 Å². The van der Waals surface area contributed by atoms with Gasteiger partial charge in [-0.05, 0) is 65.0 Å². The van der Waals surface area contributed by atoms with Gasteiger partial charge in [-0.25, -0.2) is 4.98 Å². The number of hydrogen-bond donors (Lipinski definition) is 1. The molecular weight excluding hydrogens is 518 g/mol. The van der Waals surface area contributed by atoms with Crippen molar-refractivity contribution < 1.29 is 4.79 Å². The summed E-state index contributed by atoms with van der Waals surface area (Å²) < 4.78 is 2.64. The number of likely N-dealkylation sites (tertiary alicyclic amines) is 1. The van der Waals surface area contributed by atoms with E-state index in [0.717, 1.165) is 45.6 Å². The molecule has 1 aliphatic heterocycles. The number of benzene rings is 1. The van der Waals surface area contributed by atoms with Crippen molar-refractivity contribution in [3.8, 4) is 6.07 Å². The number of aromatic nitrogens is 4. The van der Waals surface area contributed by atoms with Crippen LogP contribution in [0.15, 0.2) is 65.5 Å². The lowest BCUT2D eigenvalue weighted by Gasteiger charge is -2.32. The van der Waals surface area contributed by atoms with E-state index in [1.165, 1.54) is 0 Å². The molecule has 9 heteroatoms. The maximum atomic E-state index is 13.2. The van der Waals surface area contributed by atoms with Crippen molar-refractivity contribution in [2.45, 2.75) is 38.1 Å². The van der Waals surface area contributed by atoms with Crippen molar-refractivity contribution in [2.75, 3.05) is 18.4 Å². The molecule has 0 saturated carbocycles. The molecule has 1 atom stereocenters. The highest BCUT2D eigenvalue weighted by atomic mass is 79.9. The number of amides is 1. The molecule has 1 aromatic carbocycles. The SMILES string of the molecule is CC(C#N)c1cccc(C(=O)N2CCC(c3cc(NCc4cccnc4)n4ncc(Br)c4n3)CC2)c1. The minimum Gasteiger partial charge on any atom is -0.366 e. The van der Waals surface area contributed by atoms with Crippen molar-refractivity contribution in [3.63, 3.8) is 0 Å². The van der Waals surface area contributed by atoms with E-state index < -0.39 is 0 Å². The van der Waals surface area contributed by atoms with Gasteiger partial charge in [0, 0.05) is 55.3 Å². The minimum absolute atomic E-state index is 0.0150. The smallest absolute Gasteiger partial charge is 0.253 e. The highest BCUT2D eigenvalue weighted by molar-refractivity contribution is 9.10. The molecule has 0 aliphatic carbocycles. The Balaban J connectivity index is 1.31. The maximum absolute atomic E-state index is 13.2. The van der Waals surface area contributed by atoms with Crippen LogP contribution in [0.1, 0.15) is 58.8 Å². The summed E-state index contributed by atoms with van der Waals surface area (Å²) in [6.45, 7) is 3.79. The van der Waals surface area contributed by atoms with Gasteiger partial charge in [-0.2, -0.15) is 14.9 Å². The average molecular weight is 544 g/mol. The normalized spacial score (nSPS) is 15.0. The zero-order valence-electron chi connectivity index (χ0n) is 19.9. The predicted molar refractivity (Wildman–Crippen MR) is 141 cm³/mol. The number of rotatable bonds is 6. The summed E-state index contributed by atoms with van der Waals surface area (Å²) in [6.07, 6.45) is 7.02. The molecule has 1 fully saturated rings. The fourth-order valence-electron chi connectivity index (χ4n) is 4.56. The number of halogens is 1. The first-order chi connectivity index (χ1) is 17.5. The summed E-state index contributed by atoms with van der Waals surface area (Å²) in [6, 6.07) is 15.7. The summed E-state index contributed by atoms with van der Waals surface area (Å²) in [4.78, 5) is 24.2. The van der Waals surface area contributed by atoms with Gasteiger partial charge in [0.15, 0.2) is 5.65 Å². The van der Waals surface area contributed by atoms with Crippen molar-refractivity contribution in [1.29, 1.82) is 5.26 Å². The molecule has 1 amide bonds. The van der Waals surface area contributed by atoms with E-state index in [0.29, 0.717) is 25.2 Å². The van der Waals surface area contributed by atoms with E-state index in [1.807, 2.05) is 54.4 Å². The Labute approximate surface area is 218 Å². The second kappa shape index (κ2) is 10.5. The Kier molecular flexibility index (Phi) is 6.96. The van der Waals surface area contributed by atoms with Gasteiger partial charge in [-0.15, -0.1) is 0 Å². The lowest BCUT2D eigenvalue weighted by atomic mass is 9.92. The van der Waals surface area contributed by atoms with E-state index in [2.05, 4.69) is 43.5 Å². The molecule has 5 rings (SSSR count). The van der Waals surface area contributed by atoms with Crippen molar-refractivity contribution in [1.82, 2.24) is 24.5 Å². The number of anilines is 1. The first kappa shape index (κ1) is 23.9. The van der Waals surface area contributed by atoms with E-state index in [4.69, 9.17) is 4.98 Å². The molecule has 182 valence electrons. The van der Waals surface area contributed by atoms with E-state index in [-0.39, 0.29) is 17.7 Å². The van der Waals surface area contributed by atoms with Crippen molar-refractivity contribution in [3.05, 3.63) is 87.9 Å². The summed E-state index contributed by atoms with van der Waals surface area (Å²) >= 11 is 3.57. The molecule has 3 aromatic heterocycles. The van der Waals surface area contributed by atoms with E-state index in [9.17, 15) is 10.1 Å². The number of carbonyl (C=O) groups excluding carboxylic acids is 1. The van der Waals surface area contributed by atoms with Crippen molar-refractivity contribution in [2.24, 2.45) is 0 Å². The monoisotopic (exact) mass is 543 g/mol. The molecule has 4 heterocycles. The van der Waals surface area contributed by atoms with E-state index >= 15 is 0 Å². The largest absolute Gasteiger partial charge is 0.366 e. The van der Waals surface area contributed by atoms with Crippen LogP contribution < -0.4 is 5.32 Å². The quantitative estimate of drug-likeness (QED) is 0.361. The van der Waals surface area contributed by atoms with Crippen LogP contribution >= 0.6 is 15.9 Å². The second-order valence-corrected chi connectivity index (χ2v) is 9.91. The molecule has 1 unspecified atom stereocenters. The van der Waals surface area contributed by atoms with Crippen LogP contribution in [-0.4, -0.2) is 43.5 Å². The minimum atomic E-state index is -0.242. The summed E-state index contributed by atoms with van der Waals surface area (Å²) in [5.41, 5.74) is 4.35. The molecule has 0 spiro atoms. The van der Waals surface area contributed by atoms with Crippen LogP contribution in [0, 0.1) is 11.3 Å². The third-order valence-electron chi connectivity index (χ3n) is 6.67. The summed E-state index contributed by atoms with van der Waals surface area (Å²) in [7, 11) is 0. The third-order valence-corrected chi connectivity index (χ3v) is 7.23. The number of nitriles is 1. The first-order valence-electron chi connectivity index (χ1n) is 12.0. The Morgan fingerprint density at radius 1 is 1.22 bits per heavy atom. The van der Waals surface area contributed by atoms with Gasteiger partial charge in [0.1, 0.15) is 5.82 Å². The number of nitrogens with zero attached hydrogens (tertiary/aromatic N) is 6. The van der Waals surface area contributed by atoms with Gasteiger partial charge in [-0.3, -0.25) is 9.78 Å². The molecule has 36 heavy (non-hydrogen) atoms. The van der Waals surface area contributed by atoms with Crippen LogP contribution in [0.5, 0.6) is 0 Å². The highest BCUT2D eigenvalue weighted by Gasteiger charge is 2.27. The number of piperidine rings is 1. The lowest BCUT2D eigenvalue weighted by Crippen LogP contribution is -2.38. The van der Waals surface area contributed by atoms with Gasteiger partial charge < -0.3 is 10.2 Å². The second-order valence-electron chi connectivity index (χ2n) is 9.05. The van der Waals surface area contributed by atoms with Gasteiger partial charge in [0.2, 0.25) is 0 Å². The highest BCUT2D eigenvalue weighted by Crippen LogP contribution is 2.31. The fraction of sp³-hybridized carbons (Fsp3) is 0.296. The summed E-state index contributed by atoms with van der Waals surface area (Å²) in [5.74, 6) is 0.880. The van der Waals surface area contributed by atoms with Crippen LogP contribution in [0.3, 0.4) is 0 Å². The van der Waals surface area contributed by atoms with Crippen LogP contribution in [0.25, 0.3) is 5.65 Å². The van der Waals surface area contributed by atoms with Crippen LogP contribution in [0.2, 0.25) is 0 Å². The van der Waals surface area contributed by atoms with Gasteiger partial charge in [-0.1, -0.05) is 18.2 Å². The van der Waals surface area contributed by atoms with Gasteiger partial charge >= 0.3 is 0 Å². The number of fused-ring (bicyclic) bond motifs is 1. The number of pyridine rings is 1. The average Bonchev–Trinajstić information content (AvgIpc) is 3.32. The molecule has 0 radical (unpaired) electrons. The summed E-state index contributed by atoms with van der Waals surface area (Å²) in [5, 5.41) is 17.2. The maximum Gasteiger partial charge on any atom is 0.253 e. The number of hydrogen-bond acceptors (Lipinski definition) is 6. The third kappa shape index (κ3) is 4.95. The molecule has 1 saturated heterocycles. The Bertz CT molecular complexity index is 1420.